The molecule has 1 N–H and O–H groups in total. The van der Waals surface area contributed by atoms with Gasteiger partial charge in [-0.05, 0) is 62.5 Å². The fraction of sp³-hybridized carbons (Fsp3) is 0.667. The molecule has 162 valence electrons. The van der Waals surface area contributed by atoms with Gasteiger partial charge in [-0.3, -0.25) is 9.59 Å². The Kier molecular flexibility index (Phi) is 4.71. The van der Waals surface area contributed by atoms with Crippen molar-refractivity contribution in [1.29, 1.82) is 0 Å². The number of rotatable bonds is 4. The standard InChI is InChI=1S/C24H33N3O3/c1-17(28)25-24-14-18-11-19(15-24)13-23(12-18,16-24)22(29)27-9-7-26(8-10-27)20-5-3-4-6-21(20)30-2/h3-6,18-19H,7-16H2,1-2H3,(H,25,28)/t18-,19-,23?,24?/m0/s1. The molecule has 6 nitrogen and oxygen atoms in total. The van der Waals surface area contributed by atoms with Gasteiger partial charge in [-0.2, -0.15) is 0 Å². The predicted molar refractivity (Wildman–Crippen MR) is 115 cm³/mol. The minimum Gasteiger partial charge on any atom is -0.495 e. The Morgan fingerprint density at radius 2 is 1.70 bits per heavy atom. The zero-order chi connectivity index (χ0) is 20.9. The molecule has 0 radical (unpaired) electrons. The van der Waals surface area contributed by atoms with Crippen LogP contribution in [0.5, 0.6) is 5.75 Å². The maximum atomic E-state index is 13.8. The lowest BCUT2D eigenvalue weighted by atomic mass is 9.46. The number of ether oxygens (including phenoxy) is 1. The Morgan fingerprint density at radius 3 is 2.33 bits per heavy atom. The SMILES string of the molecule is COc1ccccc1N1CCN(C(=O)C23C[C@@H]4C[C@H](CC(NC(C)=O)(C4)C2)C3)CC1. The van der Waals surface area contributed by atoms with Crippen molar-refractivity contribution < 1.29 is 14.3 Å². The normalized spacial score (nSPS) is 34.7. The van der Waals surface area contributed by atoms with Crippen LogP contribution in [0.1, 0.15) is 45.4 Å². The molecule has 1 heterocycles. The van der Waals surface area contributed by atoms with Gasteiger partial charge < -0.3 is 19.9 Å². The molecule has 6 rings (SSSR count). The van der Waals surface area contributed by atoms with Gasteiger partial charge in [0.25, 0.3) is 0 Å². The number of amides is 2. The molecule has 4 saturated carbocycles. The number of methoxy groups -OCH3 is 1. The first kappa shape index (κ1) is 19.7. The van der Waals surface area contributed by atoms with E-state index in [4.69, 9.17) is 4.74 Å². The summed E-state index contributed by atoms with van der Waals surface area (Å²) in [7, 11) is 1.70. The molecule has 30 heavy (non-hydrogen) atoms. The fourth-order valence-electron chi connectivity index (χ4n) is 7.41. The molecular formula is C24H33N3O3. The summed E-state index contributed by atoms with van der Waals surface area (Å²) in [6, 6.07) is 8.10. The van der Waals surface area contributed by atoms with E-state index in [-0.39, 0.29) is 16.9 Å². The maximum Gasteiger partial charge on any atom is 0.229 e. The first-order valence-electron chi connectivity index (χ1n) is 11.4. The number of piperazine rings is 1. The van der Waals surface area contributed by atoms with Gasteiger partial charge in [-0.1, -0.05) is 12.1 Å². The number of carbonyl (C=O) groups excluding carboxylic acids is 2. The summed E-state index contributed by atoms with van der Waals surface area (Å²) < 4.78 is 5.52. The largest absolute Gasteiger partial charge is 0.495 e. The van der Waals surface area contributed by atoms with E-state index in [1.807, 2.05) is 18.2 Å². The van der Waals surface area contributed by atoms with Gasteiger partial charge in [0.05, 0.1) is 18.2 Å². The summed E-state index contributed by atoms with van der Waals surface area (Å²) in [5, 5.41) is 3.28. The number of anilines is 1. The van der Waals surface area contributed by atoms with Gasteiger partial charge in [-0.25, -0.2) is 0 Å². The lowest BCUT2D eigenvalue weighted by Crippen LogP contribution is -2.66. The number of nitrogens with one attached hydrogen (secondary N) is 1. The van der Waals surface area contributed by atoms with Crippen LogP contribution in [0.3, 0.4) is 0 Å². The summed E-state index contributed by atoms with van der Waals surface area (Å²) in [6.45, 7) is 4.77. The number of nitrogens with zero attached hydrogens (tertiary/aromatic N) is 2. The highest BCUT2D eigenvalue weighted by molar-refractivity contribution is 5.84. The zero-order valence-corrected chi connectivity index (χ0v) is 18.2. The van der Waals surface area contributed by atoms with Crippen molar-refractivity contribution in [1.82, 2.24) is 10.2 Å². The van der Waals surface area contributed by atoms with Crippen molar-refractivity contribution in [2.45, 2.75) is 51.0 Å². The van der Waals surface area contributed by atoms with Crippen LogP contribution in [0.15, 0.2) is 24.3 Å². The third-order valence-corrected chi connectivity index (χ3v) is 7.95. The molecule has 5 fully saturated rings. The molecule has 0 aromatic heterocycles. The van der Waals surface area contributed by atoms with E-state index >= 15 is 0 Å². The second-order valence-electron chi connectivity index (χ2n) is 10.2. The molecule has 4 bridgehead atoms. The second-order valence-corrected chi connectivity index (χ2v) is 10.2. The summed E-state index contributed by atoms with van der Waals surface area (Å²) in [5.41, 5.74) is 0.691. The van der Waals surface area contributed by atoms with Gasteiger partial charge in [0.1, 0.15) is 5.75 Å². The van der Waals surface area contributed by atoms with Crippen LogP contribution in [-0.2, 0) is 9.59 Å². The van der Waals surface area contributed by atoms with Gasteiger partial charge in [-0.15, -0.1) is 0 Å². The van der Waals surface area contributed by atoms with E-state index < -0.39 is 0 Å². The Hall–Kier alpha value is -2.24. The molecule has 1 saturated heterocycles. The number of para-hydroxylation sites is 2. The monoisotopic (exact) mass is 411 g/mol. The zero-order valence-electron chi connectivity index (χ0n) is 18.2. The molecule has 5 aliphatic rings. The lowest BCUT2D eigenvalue weighted by molar-refractivity contribution is -0.163. The topological polar surface area (TPSA) is 61.9 Å². The van der Waals surface area contributed by atoms with Crippen molar-refractivity contribution in [2.75, 3.05) is 38.2 Å². The maximum absolute atomic E-state index is 13.8. The summed E-state index contributed by atoms with van der Waals surface area (Å²) in [6.07, 6.45) is 6.20. The smallest absolute Gasteiger partial charge is 0.229 e. The molecule has 2 atom stereocenters. The van der Waals surface area contributed by atoms with Crippen LogP contribution in [0.4, 0.5) is 5.69 Å². The first-order chi connectivity index (χ1) is 14.4. The lowest BCUT2D eigenvalue weighted by Gasteiger charge is -2.62. The van der Waals surface area contributed by atoms with Crippen LogP contribution in [0.25, 0.3) is 0 Å². The first-order valence-corrected chi connectivity index (χ1v) is 11.4. The van der Waals surface area contributed by atoms with Gasteiger partial charge in [0, 0.05) is 38.6 Å². The van der Waals surface area contributed by atoms with E-state index in [0.29, 0.717) is 17.7 Å². The van der Waals surface area contributed by atoms with Crippen LogP contribution in [0, 0.1) is 17.3 Å². The third kappa shape index (κ3) is 3.25. The molecule has 4 aliphatic carbocycles. The third-order valence-electron chi connectivity index (χ3n) is 7.95. The number of hydrogen-bond acceptors (Lipinski definition) is 4. The van der Waals surface area contributed by atoms with E-state index in [1.54, 1.807) is 14.0 Å². The Morgan fingerprint density at radius 1 is 1.03 bits per heavy atom. The molecule has 1 aromatic carbocycles. The molecule has 6 heteroatoms. The minimum absolute atomic E-state index is 0.0463. The van der Waals surface area contributed by atoms with Crippen molar-refractivity contribution >= 4 is 17.5 Å². The van der Waals surface area contributed by atoms with E-state index in [2.05, 4.69) is 21.2 Å². The average molecular weight is 412 g/mol. The molecule has 0 spiro atoms. The highest BCUT2D eigenvalue weighted by Crippen LogP contribution is 2.62. The van der Waals surface area contributed by atoms with E-state index in [1.165, 1.54) is 6.42 Å². The van der Waals surface area contributed by atoms with E-state index in [9.17, 15) is 9.59 Å². The Labute approximate surface area is 178 Å². The van der Waals surface area contributed by atoms with E-state index in [0.717, 1.165) is 69.7 Å². The van der Waals surface area contributed by atoms with Crippen molar-refractivity contribution in [3.05, 3.63) is 24.3 Å². The van der Waals surface area contributed by atoms with Crippen LogP contribution < -0.4 is 15.0 Å². The predicted octanol–water partition coefficient (Wildman–Crippen LogP) is 2.82. The van der Waals surface area contributed by atoms with Gasteiger partial charge in [0.15, 0.2) is 0 Å². The highest BCUT2D eigenvalue weighted by atomic mass is 16.5. The minimum atomic E-state index is -0.265. The Balaban J connectivity index is 1.30. The molecule has 2 amide bonds. The molecular weight excluding hydrogens is 378 g/mol. The second kappa shape index (κ2) is 7.17. The molecule has 0 unspecified atom stereocenters. The number of hydrogen-bond donors (Lipinski definition) is 1. The van der Waals surface area contributed by atoms with Gasteiger partial charge >= 0.3 is 0 Å². The number of carbonyl (C=O) groups is 2. The van der Waals surface area contributed by atoms with Gasteiger partial charge in [0.2, 0.25) is 11.8 Å². The highest BCUT2D eigenvalue weighted by Gasteiger charge is 2.61. The van der Waals surface area contributed by atoms with Crippen LogP contribution in [0.2, 0.25) is 0 Å². The van der Waals surface area contributed by atoms with Crippen molar-refractivity contribution in [2.24, 2.45) is 17.3 Å². The molecule has 1 aliphatic heterocycles. The Bertz CT molecular complexity index is 832. The van der Waals surface area contributed by atoms with Crippen molar-refractivity contribution in [3.8, 4) is 5.75 Å². The average Bonchev–Trinajstić information content (AvgIpc) is 2.71. The van der Waals surface area contributed by atoms with Crippen LogP contribution >= 0.6 is 0 Å². The summed E-state index contributed by atoms with van der Waals surface area (Å²) in [5.74, 6) is 2.43. The molecule has 1 aromatic rings. The summed E-state index contributed by atoms with van der Waals surface area (Å²) >= 11 is 0. The summed E-state index contributed by atoms with van der Waals surface area (Å²) in [4.78, 5) is 30.1. The fourth-order valence-corrected chi connectivity index (χ4v) is 7.41. The van der Waals surface area contributed by atoms with Crippen molar-refractivity contribution in [3.63, 3.8) is 0 Å². The quantitative estimate of drug-likeness (QED) is 0.828. The van der Waals surface area contributed by atoms with Crippen LogP contribution in [-0.4, -0.2) is 55.5 Å². The number of benzene rings is 1.